The minimum Gasteiger partial charge on any atom is -0.318 e. The minimum atomic E-state index is -3.60. The minimum absolute atomic E-state index is 0. The zero-order valence-electron chi connectivity index (χ0n) is 39.9. The van der Waals surface area contributed by atoms with Crippen LogP contribution in [0.15, 0.2) is 128 Å². The fourth-order valence-electron chi connectivity index (χ4n) is 7.78. The largest absolute Gasteiger partial charge is 2.00 e. The van der Waals surface area contributed by atoms with Gasteiger partial charge in [0.15, 0.2) is 0 Å². The van der Waals surface area contributed by atoms with Gasteiger partial charge in [-0.15, -0.1) is 17.0 Å². The molecule has 0 amide bonds. The summed E-state index contributed by atoms with van der Waals surface area (Å²) in [5, 5.41) is 1.55. The molecule has 3 aromatic heterocycles. The number of hydrogen-bond donors (Lipinski definition) is 0. The van der Waals surface area contributed by atoms with Crippen molar-refractivity contribution in [3.05, 3.63) is 173 Å². The van der Waals surface area contributed by atoms with Crippen molar-refractivity contribution < 1.29 is 38.1 Å². The van der Waals surface area contributed by atoms with Crippen molar-refractivity contribution in [2.24, 2.45) is 0 Å². The van der Waals surface area contributed by atoms with Gasteiger partial charge in [0.1, 0.15) is 11.5 Å². The Hall–Kier alpha value is -5.87. The number of rotatable bonds is 6. The number of para-hydroxylation sites is 3. The quantitative estimate of drug-likeness (QED) is 0.123. The van der Waals surface area contributed by atoms with Gasteiger partial charge >= 0.3 is 27.1 Å². The van der Waals surface area contributed by atoms with Crippen molar-refractivity contribution in [1.82, 2.24) is 23.7 Å². The summed E-state index contributed by atoms with van der Waals surface area (Å²) in [5.41, 5.74) is 3.43. The molecule has 8 aromatic rings. The van der Waals surface area contributed by atoms with Crippen molar-refractivity contribution in [2.45, 2.75) is 72.0 Å². The smallest absolute Gasteiger partial charge is 0.318 e. The number of alkyl halides is 2. The molecule has 0 aliphatic carbocycles. The molecule has 0 saturated carbocycles. The fraction of sp³-hybridized carbons (Fsp3) is 0.212. The van der Waals surface area contributed by atoms with Crippen LogP contribution < -0.4 is 9.15 Å². The van der Waals surface area contributed by atoms with E-state index in [0.29, 0.717) is 45.0 Å². The first-order chi connectivity index (χ1) is 30.5. The Bertz CT molecular complexity index is 3270. The molecule has 0 unspecified atom stereocenters. The summed E-state index contributed by atoms with van der Waals surface area (Å²) < 4.78 is 90.7. The molecule has 0 fully saturated rings. The second-order valence-corrected chi connectivity index (χ2v) is 17.0. The van der Waals surface area contributed by atoms with Gasteiger partial charge in [0.25, 0.3) is 17.3 Å². The van der Waals surface area contributed by atoms with Crippen LogP contribution in [-0.2, 0) is 37.8 Å². The van der Waals surface area contributed by atoms with E-state index < -0.39 is 25.0 Å². The maximum Gasteiger partial charge on any atom is 2.00 e. The summed E-state index contributed by atoms with van der Waals surface area (Å²) in [6, 6.07) is 40.4. The number of fused-ring (bicyclic) bond motifs is 4. The average Bonchev–Trinajstić information content (AvgIpc) is 3.81. The summed E-state index contributed by atoms with van der Waals surface area (Å²) in [6.07, 6.45) is 5.11. The second-order valence-electron chi connectivity index (χ2n) is 17.0. The zero-order valence-corrected chi connectivity index (χ0v) is 36.2. The van der Waals surface area contributed by atoms with E-state index in [-0.39, 0.29) is 60.0 Å². The summed E-state index contributed by atoms with van der Waals surface area (Å²) in [4.78, 5) is 9.07. The van der Waals surface area contributed by atoms with Crippen LogP contribution in [0.1, 0.15) is 83.1 Å². The molecule has 0 atom stereocenters. The van der Waals surface area contributed by atoms with E-state index in [2.05, 4.69) is 43.9 Å². The normalized spacial score (nSPS) is 14.9. The van der Waals surface area contributed by atoms with Crippen molar-refractivity contribution in [3.8, 4) is 16.9 Å². The van der Waals surface area contributed by atoms with Gasteiger partial charge in [-0.05, 0) is 81.0 Å². The molecule has 0 bridgehead atoms. The fourth-order valence-corrected chi connectivity index (χ4v) is 7.78. The maximum atomic E-state index is 17.6. The summed E-state index contributed by atoms with van der Waals surface area (Å²) in [5.74, 6) is -3.03. The number of nitrogens with zero attached hydrogens (tertiary/aromatic N) is 5. The monoisotopic (exact) mass is 978 g/mol. The maximum absolute atomic E-state index is 17.6. The molecule has 9 rings (SSSR count). The molecule has 0 N–H and O–H groups in total. The topological polar surface area (TPSA) is 36.7 Å². The van der Waals surface area contributed by atoms with E-state index in [1.165, 1.54) is 30.3 Å². The van der Waals surface area contributed by atoms with Crippen LogP contribution in [0, 0.1) is 25.8 Å². The van der Waals surface area contributed by atoms with E-state index in [4.69, 9.17) is 13.2 Å². The predicted molar refractivity (Wildman–Crippen MR) is 237 cm³/mol. The number of benzene rings is 5. The first kappa shape index (κ1) is 33.9. The van der Waals surface area contributed by atoms with Crippen LogP contribution in [0.4, 0.5) is 31.5 Å². The van der Waals surface area contributed by atoms with E-state index >= 15 is 8.78 Å². The third-order valence-electron chi connectivity index (χ3n) is 11.0. The van der Waals surface area contributed by atoms with Crippen LogP contribution in [0.3, 0.4) is 0 Å². The van der Waals surface area contributed by atoms with Gasteiger partial charge in [0.2, 0.25) is 5.69 Å². The summed E-state index contributed by atoms with van der Waals surface area (Å²) >= 11 is 0. The number of aryl methyl sites for hydroxylation is 2. The Balaban J connectivity index is 0.00000592. The molecule has 0 radical (unpaired) electrons. The van der Waals surface area contributed by atoms with Gasteiger partial charge in [-0.3, -0.25) is 4.98 Å². The molecular weight excluding hydrogens is 928 g/mol. The van der Waals surface area contributed by atoms with Crippen LogP contribution in [0.5, 0.6) is 0 Å². The Morgan fingerprint density at radius 2 is 1.35 bits per heavy atom. The average molecular weight is 979 g/mol. The molecular formula is C52H45F2N5Pt+2. The molecule has 300 valence electrons. The van der Waals surface area contributed by atoms with Crippen molar-refractivity contribution >= 4 is 50.6 Å². The Labute approximate surface area is 373 Å². The molecule has 60 heavy (non-hydrogen) atoms. The van der Waals surface area contributed by atoms with Gasteiger partial charge in [-0.25, -0.2) is 13.8 Å². The Morgan fingerprint density at radius 1 is 0.667 bits per heavy atom. The molecule has 0 spiro atoms. The van der Waals surface area contributed by atoms with Gasteiger partial charge in [-0.2, -0.15) is 18.2 Å². The van der Waals surface area contributed by atoms with Crippen molar-refractivity contribution in [3.63, 3.8) is 0 Å². The second kappa shape index (κ2) is 15.0. The molecule has 0 saturated heterocycles. The van der Waals surface area contributed by atoms with Gasteiger partial charge in [0.05, 0.1) is 17.3 Å². The zero-order chi connectivity index (χ0) is 46.4. The molecule has 1 aliphatic rings. The van der Waals surface area contributed by atoms with E-state index in [1.54, 1.807) is 58.1 Å². The van der Waals surface area contributed by atoms with Crippen LogP contribution in [0.2, 0.25) is 0 Å². The molecule has 8 heteroatoms. The molecule has 4 heterocycles. The number of halogens is 2. The van der Waals surface area contributed by atoms with E-state index in [9.17, 15) is 0 Å². The Morgan fingerprint density at radius 3 is 2.05 bits per heavy atom. The molecule has 5 aromatic carbocycles. The number of pyridine rings is 2. The molecule has 1 aliphatic heterocycles. The third kappa shape index (κ3) is 6.94. The first-order valence-corrected chi connectivity index (χ1v) is 19.5. The van der Waals surface area contributed by atoms with Crippen molar-refractivity contribution in [2.75, 3.05) is 0 Å². The first-order valence-electron chi connectivity index (χ1n) is 22.5. The van der Waals surface area contributed by atoms with Gasteiger partial charge in [0, 0.05) is 38.8 Å². The van der Waals surface area contributed by atoms with Gasteiger partial charge in [-0.1, -0.05) is 117 Å². The van der Waals surface area contributed by atoms with Crippen molar-refractivity contribution in [1.29, 1.82) is 0 Å². The SMILES string of the molecule is [2H]C([2H])([2H])c1cccc(C([2H])([2H])[2H])c1-c1ccccc1[N+]1=C=[N+](c2[c-]c(C(F)(F)c3[c-]c4c(cc3)c3ccncc3n4-c3cc(C(C)(C)C)ccn3)cc(C(C)(C)C)c2)c2ccccc21.[Pt+2]. The molecule has 5 nitrogen and oxygen atoms in total. The van der Waals surface area contributed by atoms with Crippen LogP contribution in [-0.4, -0.2) is 20.5 Å². The van der Waals surface area contributed by atoms with E-state index in [0.717, 1.165) is 16.3 Å². The van der Waals surface area contributed by atoms with Crippen LogP contribution in [0.25, 0.3) is 38.8 Å². The number of hydrogen-bond acceptors (Lipinski definition) is 2. The Kier molecular flexibility index (Phi) is 8.47. The predicted octanol–water partition coefficient (Wildman–Crippen LogP) is 13.0. The van der Waals surface area contributed by atoms with E-state index in [1.807, 2.05) is 73.9 Å². The van der Waals surface area contributed by atoms with Crippen LogP contribution >= 0.6 is 0 Å². The summed E-state index contributed by atoms with van der Waals surface area (Å²) in [7, 11) is 0. The third-order valence-corrected chi connectivity index (χ3v) is 11.0. The number of aromatic nitrogens is 3. The summed E-state index contributed by atoms with van der Waals surface area (Å²) in [6.45, 7) is 6.90. The standard InChI is InChI=1S/C52H45F2N5.Pt/c1-33-14-13-15-34(2)49(33)42-16-9-10-17-43(42)58-32-57(44-18-11-12-19-45(44)58)39-27-37(51(6,7)8)26-38(28-39)52(53,54)36-20-21-40-41-23-24-55-31-47(41)59(46(40)29-36)48-30-35(22-25-56-48)50(3,4)5;/h9-27,30-31H,1-8H3;/q;+2/i1D3,2D3;. The van der Waals surface area contributed by atoms with Gasteiger partial charge < -0.3 is 4.57 Å².